The molecule has 2 aliphatic rings. The number of likely N-dealkylation sites (tertiary alicyclic amines) is 1. The number of hydrogen-bond donors (Lipinski definition) is 4. The van der Waals surface area contributed by atoms with E-state index in [9.17, 15) is 29.7 Å². The summed E-state index contributed by atoms with van der Waals surface area (Å²) >= 11 is 0. The highest BCUT2D eigenvalue weighted by Crippen LogP contribution is 2.28. The number of allylic oxidation sites excluding steroid dienone is 9. The molecule has 10 nitrogen and oxygen atoms in total. The van der Waals surface area contributed by atoms with Gasteiger partial charge in [0.1, 0.15) is 17.4 Å². The largest absolute Gasteiger partial charge is 0.507 e. The number of carbonyl (C=O) groups excluding carboxylic acids is 2. The van der Waals surface area contributed by atoms with Gasteiger partial charge in [0.2, 0.25) is 0 Å². The van der Waals surface area contributed by atoms with Gasteiger partial charge in [0.15, 0.2) is 12.1 Å². The Hall–Kier alpha value is -3.31. The van der Waals surface area contributed by atoms with Crippen LogP contribution in [0.25, 0.3) is 0 Å². The topological polar surface area (TPSA) is 154 Å². The first kappa shape index (κ1) is 34.9. The van der Waals surface area contributed by atoms with Gasteiger partial charge in [-0.25, -0.2) is 0 Å². The third-order valence-corrected chi connectivity index (χ3v) is 7.29. The Bertz CT molecular complexity index is 1130. The summed E-state index contributed by atoms with van der Waals surface area (Å²) in [5.74, 6) is -2.47. The van der Waals surface area contributed by atoms with E-state index < -0.39 is 54.1 Å². The first-order valence-corrected chi connectivity index (χ1v) is 14.2. The number of ketones is 1. The van der Waals surface area contributed by atoms with Gasteiger partial charge in [0.25, 0.3) is 5.91 Å². The number of aliphatic hydroxyl groups is 3. The molecule has 42 heavy (non-hydrogen) atoms. The first-order valence-electron chi connectivity index (χ1n) is 14.2. The molecule has 2 saturated heterocycles. The van der Waals surface area contributed by atoms with E-state index >= 15 is 0 Å². The number of likely N-dealkylation sites (N-methyl/N-ethyl adjacent to an activating group) is 1. The van der Waals surface area contributed by atoms with Crippen molar-refractivity contribution in [3.8, 4) is 0 Å². The number of aliphatic hydroxyl groups excluding tert-OH is 3. The van der Waals surface area contributed by atoms with E-state index in [4.69, 9.17) is 14.6 Å². The van der Waals surface area contributed by atoms with Crippen LogP contribution in [0.5, 0.6) is 0 Å². The molecule has 1 amide bonds. The molecule has 0 radical (unpaired) electrons. The number of Topliss-reactive ketones (excluding diaryl/α,β-unsaturated/α-hetero) is 1. The molecule has 2 aliphatic heterocycles. The monoisotopic (exact) mass is 587 g/mol. The second-order valence-corrected chi connectivity index (χ2v) is 11.2. The molecule has 5 unspecified atom stereocenters. The van der Waals surface area contributed by atoms with E-state index in [0.717, 1.165) is 10.5 Å². The summed E-state index contributed by atoms with van der Waals surface area (Å²) in [5, 5.41) is 39.1. The van der Waals surface area contributed by atoms with Crippen molar-refractivity contribution in [1.29, 1.82) is 0 Å². The zero-order valence-electron chi connectivity index (χ0n) is 25.2. The summed E-state index contributed by atoms with van der Waals surface area (Å²) in [6.45, 7) is 9.91. The maximum Gasteiger partial charge on any atom is 0.303 e. The van der Waals surface area contributed by atoms with Crippen LogP contribution in [0.3, 0.4) is 0 Å². The van der Waals surface area contributed by atoms with E-state index in [1.54, 1.807) is 25.2 Å². The van der Waals surface area contributed by atoms with Gasteiger partial charge in [-0.3, -0.25) is 14.4 Å². The number of carboxylic acids is 1. The van der Waals surface area contributed by atoms with Crippen LogP contribution in [-0.2, 0) is 23.9 Å². The van der Waals surface area contributed by atoms with Gasteiger partial charge in [-0.15, -0.1) is 0 Å². The van der Waals surface area contributed by atoms with Crippen LogP contribution in [0.15, 0.2) is 71.6 Å². The van der Waals surface area contributed by atoms with Crippen LogP contribution < -0.4 is 0 Å². The highest BCUT2D eigenvalue weighted by atomic mass is 16.7. The van der Waals surface area contributed by atoms with Crippen LogP contribution in [0.4, 0.5) is 0 Å². The average molecular weight is 588 g/mol. The molecule has 232 valence electrons. The Morgan fingerprint density at radius 1 is 1.05 bits per heavy atom. The normalized spacial score (nSPS) is 28.7. The minimum Gasteiger partial charge on any atom is -0.507 e. The Morgan fingerprint density at radius 3 is 2.21 bits per heavy atom. The molecule has 0 aromatic heterocycles. The van der Waals surface area contributed by atoms with Crippen LogP contribution in [-0.4, -0.2) is 86.8 Å². The summed E-state index contributed by atoms with van der Waals surface area (Å²) < 4.78 is 11.9. The molecule has 2 fully saturated rings. The standard InChI is InChI=1S/C32H45NO9/c1-19(2)31(42-27-18-25(35)29(38)22(5)41-27)21(4)17-20(3)13-11-9-7-8-10-12-14-24(34)28-30(39)23(15-16-26(36)37)33(6)32(28)40/h7-14,17,19,21-23,25,27,29,31,34-35,38H,15-16,18H2,1-6H3,(H,36,37)/b9-7+,10-8+,13-11+,14-12+,20-17+,28-24?/t21?,22?,23?,25?,27-,29+,31?/m0/s1. The van der Waals surface area contributed by atoms with Crippen LogP contribution in [0.2, 0.25) is 0 Å². The molecule has 0 saturated carbocycles. The first-order chi connectivity index (χ1) is 19.7. The average Bonchev–Trinajstić information content (AvgIpc) is 3.12. The Balaban J connectivity index is 1.92. The quantitative estimate of drug-likeness (QED) is 0.109. The van der Waals surface area contributed by atoms with Crippen LogP contribution in [0, 0.1) is 11.8 Å². The van der Waals surface area contributed by atoms with Crippen molar-refractivity contribution < 1.29 is 44.3 Å². The predicted molar refractivity (Wildman–Crippen MR) is 158 cm³/mol. The van der Waals surface area contributed by atoms with Gasteiger partial charge in [-0.1, -0.05) is 75.0 Å². The van der Waals surface area contributed by atoms with Gasteiger partial charge < -0.3 is 34.8 Å². The molecular formula is C32H45NO9. The maximum atomic E-state index is 12.5. The van der Waals surface area contributed by atoms with Crippen LogP contribution >= 0.6 is 0 Å². The molecule has 0 aromatic carbocycles. The van der Waals surface area contributed by atoms with Crippen molar-refractivity contribution in [2.45, 2.75) is 90.6 Å². The Morgan fingerprint density at radius 2 is 1.64 bits per heavy atom. The third-order valence-electron chi connectivity index (χ3n) is 7.29. The van der Waals surface area contributed by atoms with Crippen molar-refractivity contribution >= 4 is 17.7 Å². The number of hydrogen-bond acceptors (Lipinski definition) is 8. The number of carbonyl (C=O) groups is 3. The lowest BCUT2D eigenvalue weighted by atomic mass is 9.92. The minimum absolute atomic E-state index is 0.0136. The lowest BCUT2D eigenvalue weighted by Gasteiger charge is -2.38. The van der Waals surface area contributed by atoms with E-state index in [2.05, 4.69) is 26.8 Å². The lowest BCUT2D eigenvalue weighted by molar-refractivity contribution is -0.267. The molecule has 10 heteroatoms. The molecular weight excluding hydrogens is 542 g/mol. The molecule has 0 spiro atoms. The van der Waals surface area contributed by atoms with Crippen molar-refractivity contribution in [3.05, 3.63) is 71.6 Å². The highest BCUT2D eigenvalue weighted by molar-refractivity contribution is 6.27. The summed E-state index contributed by atoms with van der Waals surface area (Å²) in [6.07, 6.45) is 12.6. The SMILES string of the molecule is CC(/C=C/C=C/C=C/C=C/C(O)=C1C(=O)C(CCC(=O)O)N(C)C1=O)=C\C(C)C(O[C@H]1CC(O)[C@H](O)C(C)O1)C(C)C. The molecule has 0 aromatic rings. The molecule has 7 atom stereocenters. The van der Waals surface area contributed by atoms with Crippen LogP contribution in [0.1, 0.15) is 53.9 Å². The van der Waals surface area contributed by atoms with Crippen molar-refractivity contribution in [2.75, 3.05) is 7.05 Å². The number of nitrogens with zero attached hydrogens (tertiary/aromatic N) is 1. The summed E-state index contributed by atoms with van der Waals surface area (Å²) in [4.78, 5) is 36.9. The number of rotatable bonds is 13. The zero-order valence-corrected chi connectivity index (χ0v) is 25.2. The fraction of sp³-hybridized carbons (Fsp3) is 0.531. The number of ether oxygens (including phenoxy) is 2. The number of carboxylic acid groups (broad SMARTS) is 1. The highest BCUT2D eigenvalue weighted by Gasteiger charge is 2.42. The second-order valence-electron chi connectivity index (χ2n) is 11.2. The maximum absolute atomic E-state index is 12.5. The predicted octanol–water partition coefficient (Wildman–Crippen LogP) is 3.78. The summed E-state index contributed by atoms with van der Waals surface area (Å²) in [6, 6.07) is -0.896. The lowest BCUT2D eigenvalue weighted by Crippen LogP contribution is -2.49. The van der Waals surface area contributed by atoms with E-state index in [1.807, 2.05) is 25.2 Å². The van der Waals surface area contributed by atoms with Gasteiger partial charge in [0, 0.05) is 25.8 Å². The Kier molecular flexibility index (Phi) is 13.6. The summed E-state index contributed by atoms with van der Waals surface area (Å²) in [5.41, 5.74) is 0.697. The second kappa shape index (κ2) is 16.4. The number of amides is 1. The van der Waals surface area contributed by atoms with Crippen molar-refractivity contribution in [2.24, 2.45) is 11.8 Å². The molecule has 0 bridgehead atoms. The van der Waals surface area contributed by atoms with Crippen molar-refractivity contribution in [1.82, 2.24) is 4.90 Å². The van der Waals surface area contributed by atoms with Crippen molar-refractivity contribution in [3.63, 3.8) is 0 Å². The molecule has 4 N–H and O–H groups in total. The summed E-state index contributed by atoms with van der Waals surface area (Å²) in [7, 11) is 1.41. The van der Waals surface area contributed by atoms with E-state index in [-0.39, 0.29) is 42.8 Å². The van der Waals surface area contributed by atoms with Gasteiger partial charge in [-0.05, 0) is 32.3 Å². The van der Waals surface area contributed by atoms with Gasteiger partial charge in [0.05, 0.1) is 24.4 Å². The van der Waals surface area contributed by atoms with E-state index in [1.165, 1.54) is 19.2 Å². The minimum atomic E-state index is -1.06. The molecule has 2 heterocycles. The smallest absolute Gasteiger partial charge is 0.303 e. The zero-order chi connectivity index (χ0) is 31.6. The number of aliphatic carboxylic acids is 1. The molecule has 2 rings (SSSR count). The van der Waals surface area contributed by atoms with Gasteiger partial charge in [-0.2, -0.15) is 0 Å². The molecule has 0 aliphatic carbocycles. The fourth-order valence-corrected chi connectivity index (χ4v) is 5.02. The fourth-order valence-electron chi connectivity index (χ4n) is 5.02. The van der Waals surface area contributed by atoms with E-state index in [0.29, 0.717) is 0 Å². The third kappa shape index (κ3) is 9.90. The van der Waals surface area contributed by atoms with Gasteiger partial charge >= 0.3 is 5.97 Å². The Labute approximate surface area is 248 Å².